The zero-order valence-corrected chi connectivity index (χ0v) is 17.5. The molecule has 1 aromatic carbocycles. The number of nitrogens with one attached hydrogen (secondary N) is 1. The van der Waals surface area contributed by atoms with Gasteiger partial charge in [-0.1, -0.05) is 6.92 Å². The third-order valence-corrected chi connectivity index (χ3v) is 5.52. The Morgan fingerprint density at radius 2 is 2.11 bits per heavy atom. The molecule has 0 radical (unpaired) electrons. The SMILES string of the molecule is CC[C@@H](C)NC(=O)Cc1c(C)c2c(OC)cc3c(c2oc1=O)CCC(C)(C)O3. The fraction of sp³-hybridized carbons (Fsp3) is 0.545. The van der Waals surface area contributed by atoms with Gasteiger partial charge >= 0.3 is 5.63 Å². The number of amides is 1. The second kappa shape index (κ2) is 7.49. The van der Waals surface area contributed by atoms with Crippen molar-refractivity contribution in [3.8, 4) is 11.5 Å². The molecule has 6 heteroatoms. The highest BCUT2D eigenvalue weighted by molar-refractivity contribution is 5.93. The monoisotopic (exact) mass is 387 g/mol. The first-order valence-corrected chi connectivity index (χ1v) is 9.81. The number of carbonyl (C=O) groups excluding carboxylic acids is 1. The van der Waals surface area contributed by atoms with Crippen molar-refractivity contribution >= 4 is 16.9 Å². The van der Waals surface area contributed by atoms with Gasteiger partial charge in [-0.15, -0.1) is 0 Å². The molecule has 1 atom stereocenters. The molecule has 1 aliphatic heterocycles. The lowest BCUT2D eigenvalue weighted by molar-refractivity contribution is -0.121. The Kier molecular flexibility index (Phi) is 5.41. The van der Waals surface area contributed by atoms with Crippen molar-refractivity contribution in [2.75, 3.05) is 7.11 Å². The van der Waals surface area contributed by atoms with Crippen molar-refractivity contribution in [2.24, 2.45) is 0 Å². The Balaban J connectivity index is 2.13. The molecule has 1 N–H and O–H groups in total. The highest BCUT2D eigenvalue weighted by Crippen LogP contribution is 2.43. The van der Waals surface area contributed by atoms with Crippen molar-refractivity contribution in [2.45, 2.75) is 71.9 Å². The Bertz CT molecular complexity index is 973. The van der Waals surface area contributed by atoms with Crippen LogP contribution in [-0.2, 0) is 17.6 Å². The number of aryl methyl sites for hydroxylation is 2. The molecule has 0 aliphatic carbocycles. The molecule has 1 aromatic heterocycles. The highest BCUT2D eigenvalue weighted by Gasteiger charge is 2.31. The third kappa shape index (κ3) is 3.73. The zero-order valence-electron chi connectivity index (χ0n) is 17.5. The minimum absolute atomic E-state index is 0.0157. The first-order chi connectivity index (χ1) is 13.2. The summed E-state index contributed by atoms with van der Waals surface area (Å²) in [5.74, 6) is 1.08. The summed E-state index contributed by atoms with van der Waals surface area (Å²) >= 11 is 0. The van der Waals surface area contributed by atoms with Gasteiger partial charge in [0.05, 0.1) is 24.5 Å². The quantitative estimate of drug-likeness (QED) is 0.792. The van der Waals surface area contributed by atoms with Gasteiger partial charge in [0.1, 0.15) is 22.7 Å². The molecule has 2 aromatic rings. The van der Waals surface area contributed by atoms with Crippen LogP contribution in [0.2, 0.25) is 0 Å². The van der Waals surface area contributed by atoms with Gasteiger partial charge < -0.3 is 19.2 Å². The van der Waals surface area contributed by atoms with Crippen molar-refractivity contribution in [3.05, 3.63) is 33.2 Å². The highest BCUT2D eigenvalue weighted by atomic mass is 16.5. The molecule has 152 valence electrons. The number of rotatable bonds is 5. The van der Waals surface area contributed by atoms with E-state index in [4.69, 9.17) is 13.9 Å². The van der Waals surface area contributed by atoms with Crippen molar-refractivity contribution in [1.82, 2.24) is 5.32 Å². The largest absolute Gasteiger partial charge is 0.496 e. The van der Waals surface area contributed by atoms with Crippen LogP contribution >= 0.6 is 0 Å². The number of hydrogen-bond acceptors (Lipinski definition) is 5. The van der Waals surface area contributed by atoms with Crippen LogP contribution in [0.3, 0.4) is 0 Å². The van der Waals surface area contributed by atoms with E-state index in [0.29, 0.717) is 22.6 Å². The molecular weight excluding hydrogens is 358 g/mol. The van der Waals surface area contributed by atoms with E-state index >= 15 is 0 Å². The van der Waals surface area contributed by atoms with Crippen LogP contribution in [-0.4, -0.2) is 24.7 Å². The lowest BCUT2D eigenvalue weighted by Crippen LogP contribution is -2.34. The summed E-state index contributed by atoms with van der Waals surface area (Å²) in [6.07, 6.45) is 2.38. The maximum absolute atomic E-state index is 12.7. The van der Waals surface area contributed by atoms with Gasteiger partial charge in [-0.25, -0.2) is 4.79 Å². The van der Waals surface area contributed by atoms with Crippen LogP contribution in [0.4, 0.5) is 0 Å². The fourth-order valence-corrected chi connectivity index (χ4v) is 3.64. The minimum Gasteiger partial charge on any atom is -0.496 e. The number of hydrogen-bond donors (Lipinski definition) is 1. The van der Waals surface area contributed by atoms with E-state index in [1.54, 1.807) is 7.11 Å². The number of fused-ring (bicyclic) bond motifs is 3. The summed E-state index contributed by atoms with van der Waals surface area (Å²) in [5.41, 5.74) is 1.70. The lowest BCUT2D eigenvalue weighted by atomic mass is 9.91. The fourth-order valence-electron chi connectivity index (χ4n) is 3.64. The molecule has 1 amide bonds. The van der Waals surface area contributed by atoms with E-state index in [2.05, 4.69) is 5.32 Å². The minimum atomic E-state index is -0.482. The number of carbonyl (C=O) groups is 1. The van der Waals surface area contributed by atoms with E-state index in [1.807, 2.05) is 40.7 Å². The third-order valence-electron chi connectivity index (χ3n) is 5.52. The molecule has 2 heterocycles. The standard InChI is InChI=1S/C22H29NO5/c1-7-12(2)23-18(24)10-15-13(3)19-17(26-6)11-16-14(20(19)27-21(15)25)8-9-22(4,5)28-16/h11-12H,7-10H2,1-6H3,(H,23,24)/t12-/m1/s1. The van der Waals surface area contributed by atoms with E-state index in [-0.39, 0.29) is 24.0 Å². The normalized spacial score (nSPS) is 16.2. The molecule has 28 heavy (non-hydrogen) atoms. The maximum Gasteiger partial charge on any atom is 0.340 e. The van der Waals surface area contributed by atoms with Gasteiger partial charge in [-0.3, -0.25) is 4.79 Å². The molecule has 6 nitrogen and oxygen atoms in total. The zero-order chi connectivity index (χ0) is 20.6. The summed E-state index contributed by atoms with van der Waals surface area (Å²) < 4.78 is 17.4. The average molecular weight is 387 g/mol. The lowest BCUT2D eigenvalue weighted by Gasteiger charge is -2.33. The Hall–Kier alpha value is -2.50. The molecule has 0 fully saturated rings. The molecule has 1 aliphatic rings. The van der Waals surface area contributed by atoms with E-state index in [9.17, 15) is 9.59 Å². The Morgan fingerprint density at radius 1 is 1.39 bits per heavy atom. The Morgan fingerprint density at radius 3 is 2.75 bits per heavy atom. The van der Waals surface area contributed by atoms with Crippen LogP contribution in [0.15, 0.2) is 15.3 Å². The van der Waals surface area contributed by atoms with E-state index < -0.39 is 5.63 Å². The predicted molar refractivity (Wildman–Crippen MR) is 108 cm³/mol. The van der Waals surface area contributed by atoms with Gasteiger partial charge in [-0.05, 0) is 52.5 Å². The number of methoxy groups -OCH3 is 1. The van der Waals surface area contributed by atoms with Crippen molar-refractivity contribution in [1.29, 1.82) is 0 Å². The second-order valence-corrected chi connectivity index (χ2v) is 8.17. The topological polar surface area (TPSA) is 77.8 Å². The van der Waals surface area contributed by atoms with Gasteiger partial charge in [0.25, 0.3) is 0 Å². The molecule has 0 bridgehead atoms. The van der Waals surface area contributed by atoms with Crippen LogP contribution in [0, 0.1) is 6.92 Å². The van der Waals surface area contributed by atoms with Gasteiger partial charge in [0, 0.05) is 17.7 Å². The van der Waals surface area contributed by atoms with Crippen LogP contribution < -0.4 is 20.4 Å². The summed E-state index contributed by atoms with van der Waals surface area (Å²) in [7, 11) is 1.58. The van der Waals surface area contributed by atoms with Gasteiger partial charge in [0.15, 0.2) is 0 Å². The maximum atomic E-state index is 12.7. The molecular formula is C22H29NO5. The second-order valence-electron chi connectivity index (χ2n) is 8.17. The molecule has 0 spiro atoms. The van der Waals surface area contributed by atoms with Crippen LogP contribution in [0.5, 0.6) is 11.5 Å². The Labute approximate surface area is 165 Å². The smallest absolute Gasteiger partial charge is 0.340 e. The van der Waals surface area contributed by atoms with Gasteiger partial charge in [-0.2, -0.15) is 0 Å². The van der Waals surface area contributed by atoms with Crippen molar-refractivity contribution in [3.63, 3.8) is 0 Å². The van der Waals surface area contributed by atoms with E-state index in [1.165, 1.54) is 0 Å². The number of ether oxygens (including phenoxy) is 2. The van der Waals surface area contributed by atoms with Crippen molar-refractivity contribution < 1.29 is 18.7 Å². The van der Waals surface area contributed by atoms with Gasteiger partial charge in [0.2, 0.25) is 5.91 Å². The molecule has 0 saturated heterocycles. The average Bonchev–Trinajstić information content (AvgIpc) is 2.62. The first-order valence-electron chi connectivity index (χ1n) is 9.81. The van der Waals surface area contributed by atoms with E-state index in [0.717, 1.165) is 35.8 Å². The summed E-state index contributed by atoms with van der Waals surface area (Å²) in [5, 5.41) is 3.63. The summed E-state index contributed by atoms with van der Waals surface area (Å²) in [4.78, 5) is 25.1. The first kappa shape index (κ1) is 20.2. The summed E-state index contributed by atoms with van der Waals surface area (Å²) in [6, 6.07) is 1.91. The van der Waals surface area contributed by atoms with Crippen LogP contribution in [0.1, 0.15) is 57.2 Å². The molecule has 3 rings (SSSR count). The molecule has 0 unspecified atom stereocenters. The predicted octanol–water partition coefficient (Wildman–Crippen LogP) is 3.67. The molecule has 0 saturated carbocycles. The van der Waals surface area contributed by atoms with Crippen LogP contribution in [0.25, 0.3) is 11.0 Å². The summed E-state index contributed by atoms with van der Waals surface area (Å²) in [6.45, 7) is 9.84. The number of benzene rings is 1.